The fourth-order valence-corrected chi connectivity index (χ4v) is 6.33. The zero-order chi connectivity index (χ0) is 18.0. The predicted molar refractivity (Wildman–Crippen MR) is 99.4 cm³/mol. The van der Waals surface area contributed by atoms with Gasteiger partial charge in [0.15, 0.2) is 0 Å². The SMILES string of the molecule is CCCN(C1CCC2=C(C1)SC(N)N2)S(=O)(=O)c1ccccc1N=O. The van der Waals surface area contributed by atoms with Crippen LogP contribution in [0, 0.1) is 4.91 Å². The number of nitroso groups, excluding NO2 is 1. The molecule has 0 saturated carbocycles. The minimum Gasteiger partial charge on any atom is -0.364 e. The Morgan fingerprint density at radius 2 is 2.16 bits per heavy atom. The molecule has 3 N–H and O–H groups in total. The minimum absolute atomic E-state index is 0.0212. The Balaban J connectivity index is 1.92. The lowest BCUT2D eigenvalue weighted by atomic mass is 9.99. The van der Waals surface area contributed by atoms with Gasteiger partial charge < -0.3 is 11.1 Å². The molecule has 2 unspecified atom stereocenters. The van der Waals surface area contributed by atoms with Gasteiger partial charge in [0, 0.05) is 23.2 Å². The van der Waals surface area contributed by atoms with Gasteiger partial charge in [-0.2, -0.15) is 4.31 Å². The molecule has 9 heteroatoms. The number of nitrogens with two attached hydrogens (primary N) is 1. The summed E-state index contributed by atoms with van der Waals surface area (Å²) in [6.45, 7) is 2.36. The molecular weight excluding hydrogens is 360 g/mol. The average molecular weight is 383 g/mol. The molecule has 2 atom stereocenters. The lowest BCUT2D eigenvalue weighted by molar-refractivity contribution is 0.294. The number of sulfonamides is 1. The maximum atomic E-state index is 13.2. The van der Waals surface area contributed by atoms with Gasteiger partial charge in [-0.3, -0.25) is 0 Å². The standard InChI is InChI=1S/C16H22N4O3S2/c1-2-9-20(11-7-8-12-14(10-11)24-16(17)18-12)25(22,23)15-6-4-3-5-13(15)19-21/h3-6,11,16,18H,2,7-10,17H2,1H3. The van der Waals surface area contributed by atoms with Gasteiger partial charge in [0.05, 0.1) is 0 Å². The van der Waals surface area contributed by atoms with Crippen LogP contribution in [-0.2, 0) is 10.0 Å². The van der Waals surface area contributed by atoms with Crippen molar-refractivity contribution in [3.63, 3.8) is 0 Å². The summed E-state index contributed by atoms with van der Waals surface area (Å²) in [5, 5.41) is 6.12. The van der Waals surface area contributed by atoms with Gasteiger partial charge in [0.1, 0.15) is 16.1 Å². The van der Waals surface area contributed by atoms with E-state index in [2.05, 4.69) is 10.5 Å². The third kappa shape index (κ3) is 3.59. The Morgan fingerprint density at radius 3 is 2.88 bits per heavy atom. The van der Waals surface area contributed by atoms with Crippen LogP contribution in [0.2, 0.25) is 0 Å². The Labute approximate surface area is 152 Å². The first kappa shape index (κ1) is 18.4. The van der Waals surface area contributed by atoms with Gasteiger partial charge in [-0.05, 0) is 43.0 Å². The van der Waals surface area contributed by atoms with Crippen molar-refractivity contribution in [2.24, 2.45) is 10.9 Å². The lowest BCUT2D eigenvalue weighted by Gasteiger charge is -2.33. The Kier molecular flexibility index (Phi) is 5.47. The monoisotopic (exact) mass is 382 g/mol. The maximum absolute atomic E-state index is 13.2. The highest BCUT2D eigenvalue weighted by Gasteiger charge is 2.37. The van der Waals surface area contributed by atoms with Crippen molar-refractivity contribution >= 4 is 27.5 Å². The van der Waals surface area contributed by atoms with E-state index in [1.54, 1.807) is 23.9 Å². The molecule has 7 nitrogen and oxygen atoms in total. The van der Waals surface area contributed by atoms with Gasteiger partial charge >= 0.3 is 0 Å². The Morgan fingerprint density at radius 1 is 1.40 bits per heavy atom. The summed E-state index contributed by atoms with van der Waals surface area (Å²) in [7, 11) is -3.79. The molecule has 0 saturated heterocycles. The molecule has 136 valence electrons. The number of nitrogens with one attached hydrogen (secondary N) is 1. The van der Waals surface area contributed by atoms with Gasteiger partial charge in [-0.25, -0.2) is 8.42 Å². The topological polar surface area (TPSA) is 105 Å². The van der Waals surface area contributed by atoms with Crippen LogP contribution < -0.4 is 11.1 Å². The molecule has 0 bridgehead atoms. The number of nitrogens with zero attached hydrogens (tertiary/aromatic N) is 2. The molecule has 2 aliphatic rings. The fourth-order valence-electron chi connectivity index (χ4n) is 3.36. The lowest BCUT2D eigenvalue weighted by Crippen LogP contribution is -2.42. The smallest absolute Gasteiger partial charge is 0.245 e. The van der Waals surface area contributed by atoms with E-state index >= 15 is 0 Å². The molecule has 1 aliphatic carbocycles. The second-order valence-electron chi connectivity index (χ2n) is 6.16. The molecule has 0 radical (unpaired) electrons. The zero-order valence-corrected chi connectivity index (χ0v) is 15.6. The molecule has 1 aliphatic heterocycles. The number of allylic oxidation sites excluding steroid dienone is 1. The van der Waals surface area contributed by atoms with Gasteiger partial charge in [-0.1, -0.05) is 30.8 Å². The fraction of sp³-hybridized carbons (Fsp3) is 0.500. The van der Waals surface area contributed by atoms with E-state index in [-0.39, 0.29) is 22.1 Å². The summed E-state index contributed by atoms with van der Waals surface area (Å²) in [5.41, 5.74) is 6.86. The van der Waals surface area contributed by atoms with E-state index in [1.165, 1.54) is 16.4 Å². The van der Waals surface area contributed by atoms with Crippen molar-refractivity contribution in [2.45, 2.75) is 49.0 Å². The van der Waals surface area contributed by atoms with Crippen LogP contribution in [0.5, 0.6) is 0 Å². The van der Waals surface area contributed by atoms with Crippen LogP contribution in [0.1, 0.15) is 32.6 Å². The summed E-state index contributed by atoms with van der Waals surface area (Å²) < 4.78 is 28.0. The first-order valence-corrected chi connectivity index (χ1v) is 10.6. The van der Waals surface area contributed by atoms with Gasteiger partial charge in [0.2, 0.25) is 10.0 Å². The van der Waals surface area contributed by atoms with E-state index in [0.29, 0.717) is 19.4 Å². The largest absolute Gasteiger partial charge is 0.364 e. The first-order chi connectivity index (χ1) is 12.0. The summed E-state index contributed by atoms with van der Waals surface area (Å²) in [6.07, 6.45) is 2.86. The second-order valence-corrected chi connectivity index (χ2v) is 9.25. The van der Waals surface area contributed by atoms with Gasteiger partial charge in [-0.15, -0.1) is 4.91 Å². The summed E-state index contributed by atoms with van der Waals surface area (Å²) in [6, 6.07) is 5.97. The van der Waals surface area contributed by atoms with Crippen molar-refractivity contribution in [3.05, 3.63) is 39.8 Å². The predicted octanol–water partition coefficient (Wildman–Crippen LogP) is 2.83. The van der Waals surface area contributed by atoms with Crippen molar-refractivity contribution in [2.75, 3.05) is 6.54 Å². The highest BCUT2D eigenvalue weighted by molar-refractivity contribution is 8.03. The third-order valence-corrected chi connectivity index (χ3v) is 7.54. The molecule has 0 amide bonds. The van der Waals surface area contributed by atoms with E-state index < -0.39 is 10.0 Å². The normalized spacial score (nSPS) is 23.5. The summed E-state index contributed by atoms with van der Waals surface area (Å²) in [4.78, 5) is 12.2. The van der Waals surface area contributed by atoms with Crippen LogP contribution in [0.4, 0.5) is 5.69 Å². The molecular formula is C16H22N4O3S2. The highest BCUT2D eigenvalue weighted by Crippen LogP contribution is 2.41. The van der Waals surface area contributed by atoms with Crippen molar-refractivity contribution in [1.82, 2.24) is 9.62 Å². The molecule has 3 rings (SSSR count). The van der Waals surface area contributed by atoms with Crippen molar-refractivity contribution in [1.29, 1.82) is 0 Å². The Bertz CT molecular complexity index is 794. The molecule has 0 fully saturated rings. The summed E-state index contributed by atoms with van der Waals surface area (Å²) >= 11 is 1.56. The molecule has 0 spiro atoms. The van der Waals surface area contributed by atoms with Crippen LogP contribution >= 0.6 is 11.8 Å². The molecule has 1 aromatic carbocycles. The van der Waals surface area contributed by atoms with Crippen LogP contribution in [0.3, 0.4) is 0 Å². The third-order valence-electron chi connectivity index (χ3n) is 4.47. The second kappa shape index (κ2) is 7.45. The van der Waals surface area contributed by atoms with Gasteiger partial charge in [0.25, 0.3) is 0 Å². The van der Waals surface area contributed by atoms with Crippen LogP contribution in [-0.4, -0.2) is 30.8 Å². The zero-order valence-electron chi connectivity index (χ0n) is 14.0. The average Bonchev–Trinajstić information content (AvgIpc) is 2.98. The maximum Gasteiger partial charge on any atom is 0.245 e. The molecule has 0 aromatic heterocycles. The molecule has 1 aromatic rings. The quantitative estimate of drug-likeness (QED) is 0.733. The van der Waals surface area contributed by atoms with Crippen molar-refractivity contribution < 1.29 is 8.42 Å². The van der Waals surface area contributed by atoms with Crippen molar-refractivity contribution in [3.8, 4) is 0 Å². The van der Waals surface area contributed by atoms with E-state index in [4.69, 9.17) is 5.73 Å². The number of thioether (sulfide) groups is 1. The van der Waals surface area contributed by atoms with E-state index in [1.807, 2.05) is 6.92 Å². The van der Waals surface area contributed by atoms with Crippen LogP contribution in [0.25, 0.3) is 0 Å². The summed E-state index contributed by atoms with van der Waals surface area (Å²) in [5.74, 6) is 0. The van der Waals surface area contributed by atoms with E-state index in [0.717, 1.165) is 23.4 Å². The Hall–Kier alpha value is -1.42. The number of hydrogen-bond donors (Lipinski definition) is 2. The first-order valence-electron chi connectivity index (χ1n) is 8.32. The van der Waals surface area contributed by atoms with E-state index in [9.17, 15) is 13.3 Å². The molecule has 25 heavy (non-hydrogen) atoms. The van der Waals surface area contributed by atoms with Crippen LogP contribution in [0.15, 0.2) is 44.9 Å². The highest BCUT2D eigenvalue weighted by atomic mass is 32.2. The minimum atomic E-state index is -3.79. The molecule has 1 heterocycles. The number of rotatable bonds is 6. The number of benzene rings is 1. The number of hydrogen-bond acceptors (Lipinski definition) is 7.